The molecule has 31 heavy (non-hydrogen) atoms. The molecule has 1 aliphatic heterocycles. The molecule has 3 heterocycles. The largest absolute Gasteiger partial charge is 0.486 e. The summed E-state index contributed by atoms with van der Waals surface area (Å²) >= 11 is 1.46. The fourth-order valence-electron chi connectivity index (χ4n) is 3.42. The first kappa shape index (κ1) is 19.3. The van der Waals surface area contributed by atoms with Gasteiger partial charge in [-0.05, 0) is 60.5 Å². The molecule has 0 radical (unpaired) electrons. The highest BCUT2D eigenvalue weighted by Gasteiger charge is 2.16. The van der Waals surface area contributed by atoms with E-state index < -0.39 is 0 Å². The minimum atomic E-state index is -0.128. The van der Waals surface area contributed by atoms with Gasteiger partial charge in [-0.25, -0.2) is 9.67 Å². The molecule has 1 N–H and O–H groups in total. The summed E-state index contributed by atoms with van der Waals surface area (Å²) in [5.74, 6) is 1.40. The van der Waals surface area contributed by atoms with Gasteiger partial charge < -0.3 is 14.8 Å². The van der Waals surface area contributed by atoms with Crippen molar-refractivity contribution < 1.29 is 14.3 Å². The molecule has 5 rings (SSSR count). The van der Waals surface area contributed by atoms with Crippen LogP contribution in [0.3, 0.4) is 0 Å². The second-order valence-electron chi connectivity index (χ2n) is 7.15. The topological polar surface area (TPSA) is 78.3 Å². The maximum atomic E-state index is 12.8. The third-order valence-corrected chi connectivity index (χ3v) is 6.21. The number of hydrogen-bond acceptors (Lipinski definition) is 6. The highest BCUT2D eigenvalue weighted by Crippen LogP contribution is 2.37. The van der Waals surface area contributed by atoms with Gasteiger partial charge in [0.1, 0.15) is 25.9 Å². The Kier molecular flexibility index (Phi) is 5.13. The van der Waals surface area contributed by atoms with Crippen molar-refractivity contribution in [2.45, 2.75) is 13.0 Å². The lowest BCUT2D eigenvalue weighted by molar-refractivity contribution is 0.0944. The predicted molar refractivity (Wildman–Crippen MR) is 118 cm³/mol. The molecular weight excluding hydrogens is 412 g/mol. The molecule has 1 amide bonds. The number of thiophene rings is 1. The summed E-state index contributed by atoms with van der Waals surface area (Å²) in [5.41, 5.74) is 2.94. The molecule has 2 aromatic heterocycles. The molecule has 0 saturated carbocycles. The van der Waals surface area contributed by atoms with Crippen LogP contribution in [0.25, 0.3) is 16.1 Å². The maximum Gasteiger partial charge on any atom is 0.261 e. The molecule has 7 nitrogen and oxygen atoms in total. The Balaban J connectivity index is 1.27. The average Bonchev–Trinajstić information content (AvgIpc) is 3.51. The zero-order valence-electron chi connectivity index (χ0n) is 16.8. The Labute approximate surface area is 183 Å². The summed E-state index contributed by atoms with van der Waals surface area (Å²) in [4.78, 5) is 18.4. The van der Waals surface area contributed by atoms with Crippen LogP contribution in [-0.4, -0.2) is 33.9 Å². The Bertz CT molecular complexity index is 1200. The number of amides is 1. The molecule has 0 bridgehead atoms. The summed E-state index contributed by atoms with van der Waals surface area (Å²) in [5, 5.41) is 7.20. The third kappa shape index (κ3) is 4.02. The van der Waals surface area contributed by atoms with Crippen LogP contribution in [0.4, 0.5) is 0 Å². The summed E-state index contributed by atoms with van der Waals surface area (Å²) in [6, 6.07) is 17.4. The van der Waals surface area contributed by atoms with E-state index in [2.05, 4.69) is 15.4 Å². The normalized spacial score (nSPS) is 13.6. The SMILES string of the molecule is CC(NC(=O)c1ccc(-c2ccc3c(c2)OCCO3)s1)c1ccc(-n2cncn2)cc1. The standard InChI is InChI=1S/C23H20N4O3S/c1-15(16-2-5-18(6-3-16)27-14-24-13-25-27)26-23(28)22-9-8-21(31-22)17-4-7-19-20(12-17)30-11-10-29-19/h2-9,12-15H,10-11H2,1H3,(H,26,28). The summed E-state index contributed by atoms with van der Waals surface area (Å²) in [7, 11) is 0. The van der Waals surface area contributed by atoms with Crippen molar-refractivity contribution in [2.24, 2.45) is 0 Å². The van der Waals surface area contributed by atoms with E-state index in [9.17, 15) is 4.79 Å². The molecule has 2 aromatic carbocycles. The van der Waals surface area contributed by atoms with Crippen molar-refractivity contribution in [3.8, 4) is 27.6 Å². The number of aromatic nitrogens is 3. The molecule has 1 atom stereocenters. The Hall–Kier alpha value is -3.65. The molecule has 1 aliphatic rings. The molecule has 156 valence electrons. The van der Waals surface area contributed by atoms with E-state index in [4.69, 9.17) is 9.47 Å². The Morgan fingerprint density at radius 2 is 1.87 bits per heavy atom. The van der Waals surface area contributed by atoms with Crippen LogP contribution in [0.1, 0.15) is 28.2 Å². The number of benzene rings is 2. The van der Waals surface area contributed by atoms with E-state index in [-0.39, 0.29) is 11.9 Å². The van der Waals surface area contributed by atoms with Gasteiger partial charge >= 0.3 is 0 Å². The van der Waals surface area contributed by atoms with Gasteiger partial charge in [0.05, 0.1) is 16.6 Å². The van der Waals surface area contributed by atoms with Crippen LogP contribution in [0.15, 0.2) is 67.3 Å². The molecule has 4 aromatic rings. The number of rotatable bonds is 5. The van der Waals surface area contributed by atoms with Crippen LogP contribution in [0.2, 0.25) is 0 Å². The van der Waals surface area contributed by atoms with Crippen LogP contribution in [-0.2, 0) is 0 Å². The van der Waals surface area contributed by atoms with Gasteiger partial charge in [-0.2, -0.15) is 5.10 Å². The number of carbonyl (C=O) groups excluding carboxylic acids is 1. The van der Waals surface area contributed by atoms with E-state index in [1.807, 2.05) is 61.5 Å². The molecular formula is C23H20N4O3S. The van der Waals surface area contributed by atoms with E-state index >= 15 is 0 Å². The van der Waals surface area contributed by atoms with Gasteiger partial charge in [0.25, 0.3) is 5.91 Å². The second-order valence-corrected chi connectivity index (χ2v) is 8.23. The van der Waals surface area contributed by atoms with Crippen LogP contribution >= 0.6 is 11.3 Å². The van der Waals surface area contributed by atoms with E-state index in [0.717, 1.165) is 33.2 Å². The molecule has 0 spiro atoms. The lowest BCUT2D eigenvalue weighted by Crippen LogP contribution is -2.25. The lowest BCUT2D eigenvalue weighted by Gasteiger charge is -2.18. The minimum absolute atomic E-state index is 0.0957. The predicted octanol–water partition coefficient (Wildman–Crippen LogP) is 4.26. The van der Waals surface area contributed by atoms with Crippen molar-refractivity contribution >= 4 is 17.2 Å². The van der Waals surface area contributed by atoms with E-state index in [0.29, 0.717) is 18.1 Å². The summed E-state index contributed by atoms with van der Waals surface area (Å²) in [6.07, 6.45) is 3.15. The summed E-state index contributed by atoms with van der Waals surface area (Å²) in [6.45, 7) is 3.08. The first-order valence-electron chi connectivity index (χ1n) is 9.93. The molecule has 8 heteroatoms. The second kappa shape index (κ2) is 8.23. The first-order valence-corrected chi connectivity index (χ1v) is 10.7. The highest BCUT2D eigenvalue weighted by molar-refractivity contribution is 7.17. The monoisotopic (exact) mass is 432 g/mol. The first-order chi connectivity index (χ1) is 15.2. The quantitative estimate of drug-likeness (QED) is 0.510. The van der Waals surface area contributed by atoms with Crippen molar-refractivity contribution in [3.63, 3.8) is 0 Å². The zero-order valence-corrected chi connectivity index (χ0v) is 17.6. The van der Waals surface area contributed by atoms with Crippen molar-refractivity contribution in [3.05, 3.63) is 77.7 Å². The number of nitrogens with zero attached hydrogens (tertiary/aromatic N) is 3. The third-order valence-electron chi connectivity index (χ3n) is 5.08. The van der Waals surface area contributed by atoms with Gasteiger partial charge in [-0.1, -0.05) is 12.1 Å². The number of hydrogen-bond donors (Lipinski definition) is 1. The fraction of sp³-hybridized carbons (Fsp3) is 0.174. The highest BCUT2D eigenvalue weighted by atomic mass is 32.1. The van der Waals surface area contributed by atoms with Gasteiger partial charge in [0.15, 0.2) is 11.5 Å². The van der Waals surface area contributed by atoms with Crippen molar-refractivity contribution in [1.29, 1.82) is 0 Å². The van der Waals surface area contributed by atoms with Crippen LogP contribution < -0.4 is 14.8 Å². The minimum Gasteiger partial charge on any atom is -0.486 e. The van der Waals surface area contributed by atoms with Gasteiger partial charge in [0, 0.05) is 4.88 Å². The number of ether oxygens (including phenoxy) is 2. The molecule has 1 unspecified atom stereocenters. The van der Waals surface area contributed by atoms with Crippen molar-refractivity contribution in [2.75, 3.05) is 13.2 Å². The zero-order chi connectivity index (χ0) is 21.2. The maximum absolute atomic E-state index is 12.8. The number of nitrogens with one attached hydrogen (secondary N) is 1. The van der Waals surface area contributed by atoms with Crippen LogP contribution in [0, 0.1) is 0 Å². The van der Waals surface area contributed by atoms with Gasteiger partial charge in [-0.15, -0.1) is 11.3 Å². The Morgan fingerprint density at radius 3 is 2.65 bits per heavy atom. The lowest BCUT2D eigenvalue weighted by atomic mass is 10.1. The van der Waals surface area contributed by atoms with Gasteiger partial charge in [-0.3, -0.25) is 4.79 Å². The fourth-order valence-corrected chi connectivity index (χ4v) is 4.33. The van der Waals surface area contributed by atoms with E-state index in [1.165, 1.54) is 17.7 Å². The Morgan fingerprint density at radius 1 is 1.06 bits per heavy atom. The number of carbonyl (C=O) groups is 1. The molecule has 0 fully saturated rings. The average molecular weight is 433 g/mol. The van der Waals surface area contributed by atoms with Gasteiger partial charge in [0.2, 0.25) is 0 Å². The van der Waals surface area contributed by atoms with E-state index in [1.54, 1.807) is 11.0 Å². The molecule has 0 saturated heterocycles. The summed E-state index contributed by atoms with van der Waals surface area (Å²) < 4.78 is 12.9. The van der Waals surface area contributed by atoms with Crippen LogP contribution in [0.5, 0.6) is 11.5 Å². The number of fused-ring (bicyclic) bond motifs is 1. The van der Waals surface area contributed by atoms with Crippen molar-refractivity contribution in [1.82, 2.24) is 20.1 Å². The smallest absolute Gasteiger partial charge is 0.261 e. The molecule has 0 aliphatic carbocycles.